The fourth-order valence-corrected chi connectivity index (χ4v) is 3.98. The zero-order valence-electron chi connectivity index (χ0n) is 16.9. The first-order valence-electron chi connectivity index (χ1n) is 9.89. The number of aliphatic hydroxyl groups excluding tert-OH is 1. The topological polar surface area (TPSA) is 78.2 Å². The third-order valence-electron chi connectivity index (χ3n) is 5.62. The maximum Gasteiger partial charge on any atom is 0.141 e. The van der Waals surface area contributed by atoms with Crippen LogP contribution in [0, 0.1) is 18.3 Å². The molecule has 0 amide bonds. The zero-order chi connectivity index (χ0) is 20.6. The van der Waals surface area contributed by atoms with Gasteiger partial charge >= 0.3 is 0 Å². The molecule has 2 heterocycles. The highest BCUT2D eigenvalue weighted by Crippen LogP contribution is 2.42. The Bertz CT molecular complexity index is 1090. The van der Waals surface area contributed by atoms with Crippen LogP contribution in [-0.4, -0.2) is 28.3 Å². The fourth-order valence-electron chi connectivity index (χ4n) is 3.98. The minimum Gasteiger partial charge on any atom is -0.485 e. The van der Waals surface area contributed by atoms with Crippen LogP contribution in [-0.2, 0) is 6.42 Å². The van der Waals surface area contributed by atoms with Gasteiger partial charge in [-0.05, 0) is 63.1 Å². The number of nitriles is 1. The third-order valence-corrected chi connectivity index (χ3v) is 5.62. The van der Waals surface area contributed by atoms with Crippen LogP contribution in [0.25, 0.3) is 10.9 Å². The summed E-state index contributed by atoms with van der Waals surface area (Å²) in [6.07, 6.45) is 0.146. The van der Waals surface area contributed by atoms with Gasteiger partial charge in [0.25, 0.3) is 0 Å². The van der Waals surface area contributed by atoms with E-state index in [2.05, 4.69) is 28.5 Å². The van der Waals surface area contributed by atoms with Crippen LogP contribution in [0.3, 0.4) is 0 Å². The predicted molar refractivity (Wildman–Crippen MR) is 113 cm³/mol. The van der Waals surface area contributed by atoms with Crippen molar-refractivity contribution in [2.24, 2.45) is 0 Å². The lowest BCUT2D eigenvalue weighted by atomic mass is 9.85. The lowest BCUT2D eigenvalue weighted by Gasteiger charge is -2.42. The van der Waals surface area contributed by atoms with Crippen molar-refractivity contribution in [3.8, 4) is 11.8 Å². The monoisotopic (exact) mass is 387 g/mol. The molecular weight excluding hydrogens is 362 g/mol. The van der Waals surface area contributed by atoms with Gasteiger partial charge in [-0.3, -0.25) is 0 Å². The summed E-state index contributed by atoms with van der Waals surface area (Å²) >= 11 is 0. The first kappa shape index (κ1) is 19.4. The van der Waals surface area contributed by atoms with E-state index >= 15 is 0 Å². The summed E-state index contributed by atoms with van der Waals surface area (Å²) in [5, 5.41) is 24.7. The average Bonchev–Trinajstić information content (AvgIpc) is 2.70. The molecule has 1 aromatic heterocycles. The molecule has 0 saturated heterocycles. The molecule has 0 spiro atoms. The molecule has 2 aromatic carbocycles. The summed E-state index contributed by atoms with van der Waals surface area (Å²) in [7, 11) is 0. The van der Waals surface area contributed by atoms with E-state index in [1.165, 1.54) is 5.56 Å². The highest BCUT2D eigenvalue weighted by Gasteiger charge is 2.42. The molecule has 29 heavy (non-hydrogen) atoms. The van der Waals surface area contributed by atoms with E-state index in [1.54, 1.807) is 6.07 Å². The highest BCUT2D eigenvalue weighted by atomic mass is 16.5. The number of hydrogen-bond acceptors (Lipinski definition) is 5. The lowest BCUT2D eigenvalue weighted by molar-refractivity contribution is -0.0642. The predicted octanol–water partition coefficient (Wildman–Crippen LogP) is 3.82. The molecule has 5 nitrogen and oxygen atoms in total. The van der Waals surface area contributed by atoms with Crippen molar-refractivity contribution in [3.63, 3.8) is 0 Å². The van der Waals surface area contributed by atoms with Gasteiger partial charge in [-0.2, -0.15) is 5.26 Å². The van der Waals surface area contributed by atoms with Gasteiger partial charge in [0.2, 0.25) is 0 Å². The SMILES string of the molecule is Cc1cc(C#N)nc2cc3c(cc12)OC(C)(C)[C@H](O)[C@@H]3NCCc1ccccc1. The Kier molecular flexibility index (Phi) is 4.99. The highest BCUT2D eigenvalue weighted by molar-refractivity contribution is 5.85. The van der Waals surface area contributed by atoms with Gasteiger partial charge in [0, 0.05) is 10.9 Å². The van der Waals surface area contributed by atoms with Crippen molar-refractivity contribution in [3.05, 3.63) is 70.9 Å². The van der Waals surface area contributed by atoms with E-state index in [-0.39, 0.29) is 6.04 Å². The molecule has 1 aliphatic heterocycles. The molecule has 1 aliphatic rings. The largest absolute Gasteiger partial charge is 0.485 e. The molecule has 0 radical (unpaired) electrons. The lowest BCUT2D eigenvalue weighted by Crippen LogP contribution is -2.52. The molecule has 0 aliphatic carbocycles. The summed E-state index contributed by atoms with van der Waals surface area (Å²) in [6, 6.07) is 17.8. The maximum atomic E-state index is 11.0. The van der Waals surface area contributed by atoms with Crippen LogP contribution in [0.1, 0.15) is 42.3 Å². The summed E-state index contributed by atoms with van der Waals surface area (Å²) < 4.78 is 6.16. The molecule has 3 aromatic rings. The van der Waals surface area contributed by atoms with E-state index in [0.29, 0.717) is 5.69 Å². The Labute approximate surface area is 171 Å². The molecule has 0 fully saturated rings. The molecule has 0 saturated carbocycles. The molecule has 148 valence electrons. The van der Waals surface area contributed by atoms with Gasteiger partial charge in [-0.15, -0.1) is 0 Å². The van der Waals surface area contributed by atoms with Crippen molar-refractivity contribution in [1.82, 2.24) is 10.3 Å². The Hall–Kier alpha value is -2.94. The van der Waals surface area contributed by atoms with Gasteiger partial charge in [-0.25, -0.2) is 4.98 Å². The minimum atomic E-state index is -0.723. The van der Waals surface area contributed by atoms with Gasteiger partial charge in [0.1, 0.15) is 29.2 Å². The molecule has 2 atom stereocenters. The summed E-state index contributed by atoms with van der Waals surface area (Å²) in [6.45, 7) is 6.50. The molecule has 2 N–H and O–H groups in total. The Morgan fingerprint density at radius 2 is 1.97 bits per heavy atom. The number of aryl methyl sites for hydroxylation is 1. The standard InChI is InChI=1S/C24H25N3O2/c1-15-11-17(14-25)27-20-12-19-21(13-18(15)20)29-24(2,3)23(28)22(19)26-10-9-16-7-5-4-6-8-16/h4-8,11-13,22-23,26,28H,9-10H2,1-3H3/t22-,23-/m1/s1. The van der Waals surface area contributed by atoms with E-state index in [0.717, 1.165) is 40.7 Å². The van der Waals surface area contributed by atoms with E-state index in [4.69, 9.17) is 4.74 Å². The molecule has 0 bridgehead atoms. The number of nitrogens with zero attached hydrogens (tertiary/aromatic N) is 2. The van der Waals surface area contributed by atoms with E-state index < -0.39 is 11.7 Å². The number of benzene rings is 2. The van der Waals surface area contributed by atoms with E-state index in [1.807, 2.05) is 51.1 Å². The van der Waals surface area contributed by atoms with Gasteiger partial charge in [-0.1, -0.05) is 30.3 Å². The number of hydrogen-bond donors (Lipinski definition) is 2. The first-order chi connectivity index (χ1) is 13.9. The van der Waals surface area contributed by atoms with Crippen LogP contribution < -0.4 is 10.1 Å². The van der Waals surface area contributed by atoms with Crippen LogP contribution in [0.4, 0.5) is 0 Å². The summed E-state index contributed by atoms with van der Waals surface area (Å²) in [5.74, 6) is 0.750. The van der Waals surface area contributed by atoms with E-state index in [9.17, 15) is 10.4 Å². The Morgan fingerprint density at radius 3 is 2.69 bits per heavy atom. The van der Waals surface area contributed by atoms with Gasteiger partial charge in [0.05, 0.1) is 11.6 Å². The summed E-state index contributed by atoms with van der Waals surface area (Å²) in [5.41, 5.74) is 3.51. The normalized spacial score (nSPS) is 20.0. The second kappa shape index (κ2) is 7.47. The third kappa shape index (κ3) is 3.69. The number of aromatic nitrogens is 1. The maximum absolute atomic E-state index is 11.0. The van der Waals surface area contributed by atoms with Gasteiger partial charge < -0.3 is 15.2 Å². The average molecular weight is 387 g/mol. The van der Waals surface area contributed by atoms with Crippen LogP contribution >= 0.6 is 0 Å². The number of nitrogens with one attached hydrogen (secondary N) is 1. The second-order valence-corrected chi connectivity index (χ2v) is 8.16. The minimum absolute atomic E-state index is 0.283. The summed E-state index contributed by atoms with van der Waals surface area (Å²) in [4.78, 5) is 4.46. The molecule has 4 rings (SSSR count). The fraction of sp³-hybridized carbons (Fsp3) is 0.333. The number of aliphatic hydroxyl groups is 1. The van der Waals surface area contributed by atoms with Crippen molar-refractivity contribution in [2.45, 2.75) is 44.9 Å². The van der Waals surface area contributed by atoms with Crippen LogP contribution in [0.15, 0.2) is 48.5 Å². The number of fused-ring (bicyclic) bond motifs is 2. The molecule has 5 heteroatoms. The first-order valence-corrected chi connectivity index (χ1v) is 9.89. The number of ether oxygens (including phenoxy) is 1. The Balaban J connectivity index is 1.70. The van der Waals surface area contributed by atoms with Crippen molar-refractivity contribution < 1.29 is 9.84 Å². The van der Waals surface area contributed by atoms with Crippen LogP contribution in [0.5, 0.6) is 5.75 Å². The second-order valence-electron chi connectivity index (χ2n) is 8.16. The van der Waals surface area contributed by atoms with Crippen molar-refractivity contribution >= 4 is 10.9 Å². The molecular formula is C24H25N3O2. The van der Waals surface area contributed by atoms with Crippen molar-refractivity contribution in [1.29, 1.82) is 5.26 Å². The number of pyridine rings is 1. The van der Waals surface area contributed by atoms with Gasteiger partial charge in [0.15, 0.2) is 0 Å². The number of rotatable bonds is 4. The quantitative estimate of drug-likeness (QED) is 0.712. The van der Waals surface area contributed by atoms with Crippen LogP contribution in [0.2, 0.25) is 0 Å². The zero-order valence-corrected chi connectivity index (χ0v) is 16.9. The Morgan fingerprint density at radius 1 is 1.21 bits per heavy atom. The molecule has 0 unspecified atom stereocenters. The van der Waals surface area contributed by atoms with Crippen molar-refractivity contribution in [2.75, 3.05) is 6.54 Å². The smallest absolute Gasteiger partial charge is 0.141 e.